The lowest BCUT2D eigenvalue weighted by molar-refractivity contribution is -0.0498. The summed E-state index contributed by atoms with van der Waals surface area (Å²) in [4.78, 5) is 0. The van der Waals surface area contributed by atoms with Crippen molar-refractivity contribution in [3.63, 3.8) is 0 Å². The Kier molecular flexibility index (Phi) is 4.74. The van der Waals surface area contributed by atoms with E-state index in [2.05, 4.69) is 10.1 Å². The van der Waals surface area contributed by atoms with Crippen LogP contribution in [-0.2, 0) is 6.54 Å². The summed E-state index contributed by atoms with van der Waals surface area (Å²) in [5, 5.41) is 3.31. The van der Waals surface area contributed by atoms with E-state index < -0.39 is 12.4 Å². The van der Waals surface area contributed by atoms with Gasteiger partial charge in [-0.15, -0.1) is 0 Å². The Labute approximate surface area is 119 Å². The molecule has 0 fully saturated rings. The van der Waals surface area contributed by atoms with Crippen LogP contribution in [0.3, 0.4) is 0 Å². The van der Waals surface area contributed by atoms with Gasteiger partial charge in [-0.25, -0.2) is 4.39 Å². The van der Waals surface area contributed by atoms with Crippen molar-refractivity contribution >= 4 is 17.3 Å². The van der Waals surface area contributed by atoms with Crippen LogP contribution in [0.25, 0.3) is 0 Å². The highest BCUT2D eigenvalue weighted by molar-refractivity contribution is 6.31. The molecule has 0 aliphatic heterocycles. The van der Waals surface area contributed by atoms with E-state index in [-0.39, 0.29) is 5.75 Å². The zero-order chi connectivity index (χ0) is 14.5. The second-order valence-corrected chi connectivity index (χ2v) is 4.40. The third-order valence-corrected chi connectivity index (χ3v) is 2.91. The van der Waals surface area contributed by atoms with Crippen molar-refractivity contribution in [1.29, 1.82) is 0 Å². The molecule has 20 heavy (non-hydrogen) atoms. The highest BCUT2D eigenvalue weighted by Gasteiger charge is 2.05. The summed E-state index contributed by atoms with van der Waals surface area (Å²) >= 11 is 5.89. The van der Waals surface area contributed by atoms with E-state index in [1.54, 1.807) is 18.2 Å². The second-order valence-electron chi connectivity index (χ2n) is 4.00. The van der Waals surface area contributed by atoms with Gasteiger partial charge >= 0.3 is 6.61 Å². The predicted molar refractivity (Wildman–Crippen MR) is 71.8 cm³/mol. The number of halogens is 4. The Hall–Kier alpha value is -1.88. The minimum Gasteiger partial charge on any atom is -0.435 e. The van der Waals surface area contributed by atoms with Crippen molar-refractivity contribution in [2.45, 2.75) is 13.2 Å². The average molecular weight is 302 g/mol. The summed E-state index contributed by atoms with van der Waals surface area (Å²) < 4.78 is 41.4. The number of ether oxygens (including phenoxy) is 1. The van der Waals surface area contributed by atoms with Gasteiger partial charge in [-0.1, -0.05) is 23.7 Å². The molecule has 0 saturated carbocycles. The lowest BCUT2D eigenvalue weighted by atomic mass is 10.2. The van der Waals surface area contributed by atoms with Crippen molar-refractivity contribution in [3.05, 3.63) is 58.9 Å². The van der Waals surface area contributed by atoms with Gasteiger partial charge in [0.25, 0.3) is 0 Å². The lowest BCUT2D eigenvalue weighted by Gasteiger charge is -2.10. The van der Waals surface area contributed by atoms with Crippen LogP contribution in [-0.4, -0.2) is 6.61 Å². The highest BCUT2D eigenvalue weighted by Crippen LogP contribution is 2.22. The first-order valence-electron chi connectivity index (χ1n) is 5.77. The minimum absolute atomic E-state index is 0.0650. The molecule has 2 rings (SSSR count). The Balaban J connectivity index is 2.03. The van der Waals surface area contributed by atoms with Crippen molar-refractivity contribution < 1.29 is 17.9 Å². The number of hydrogen-bond donors (Lipinski definition) is 1. The van der Waals surface area contributed by atoms with Crippen molar-refractivity contribution in [2.75, 3.05) is 5.32 Å². The smallest absolute Gasteiger partial charge is 0.387 e. The first kappa shape index (κ1) is 14.5. The van der Waals surface area contributed by atoms with E-state index in [1.807, 2.05) is 0 Å². The summed E-state index contributed by atoms with van der Waals surface area (Å²) in [6, 6.07) is 10.3. The lowest BCUT2D eigenvalue weighted by Crippen LogP contribution is -2.03. The minimum atomic E-state index is -2.86. The number of benzene rings is 2. The van der Waals surface area contributed by atoms with Gasteiger partial charge in [0.1, 0.15) is 11.6 Å². The molecular weight excluding hydrogens is 291 g/mol. The largest absolute Gasteiger partial charge is 0.435 e. The quantitative estimate of drug-likeness (QED) is 0.865. The molecule has 2 aromatic rings. The number of rotatable bonds is 5. The number of hydrogen-bond acceptors (Lipinski definition) is 2. The number of alkyl halides is 2. The molecule has 0 bridgehead atoms. The van der Waals surface area contributed by atoms with Crippen LogP contribution < -0.4 is 10.1 Å². The Morgan fingerprint density at radius 1 is 1.15 bits per heavy atom. The van der Waals surface area contributed by atoms with Gasteiger partial charge in [0.05, 0.1) is 0 Å². The normalized spacial score (nSPS) is 10.7. The van der Waals surface area contributed by atoms with Crippen molar-refractivity contribution in [2.24, 2.45) is 0 Å². The first-order valence-corrected chi connectivity index (χ1v) is 6.15. The molecule has 0 saturated heterocycles. The monoisotopic (exact) mass is 301 g/mol. The van der Waals surface area contributed by atoms with Crippen molar-refractivity contribution in [1.82, 2.24) is 0 Å². The molecule has 2 nitrogen and oxygen atoms in total. The summed E-state index contributed by atoms with van der Waals surface area (Å²) in [5.41, 5.74) is 1.30. The fourth-order valence-electron chi connectivity index (χ4n) is 1.64. The molecular formula is C14H11ClF3NO. The molecule has 0 heterocycles. The van der Waals surface area contributed by atoms with Gasteiger partial charge in [0.15, 0.2) is 0 Å². The summed E-state index contributed by atoms with van der Waals surface area (Å²) in [5.74, 6) is -0.346. The topological polar surface area (TPSA) is 21.3 Å². The molecule has 106 valence electrons. The highest BCUT2D eigenvalue weighted by atomic mass is 35.5. The molecule has 0 aliphatic carbocycles. The van der Waals surface area contributed by atoms with E-state index in [1.165, 1.54) is 24.3 Å². The van der Waals surface area contributed by atoms with Crippen LogP contribution in [0.15, 0.2) is 42.5 Å². The van der Waals surface area contributed by atoms with Crippen LogP contribution in [0.2, 0.25) is 5.02 Å². The molecule has 0 spiro atoms. The van der Waals surface area contributed by atoms with Gasteiger partial charge in [-0.05, 0) is 29.8 Å². The SMILES string of the molecule is Fc1ccc(CNc2cccc(OC(F)F)c2)c(Cl)c1. The van der Waals surface area contributed by atoms with Crippen LogP contribution in [0.5, 0.6) is 5.75 Å². The van der Waals surface area contributed by atoms with Gasteiger partial charge in [0, 0.05) is 23.3 Å². The molecule has 0 atom stereocenters. The number of nitrogens with one attached hydrogen (secondary N) is 1. The van der Waals surface area contributed by atoms with E-state index in [0.717, 1.165) is 0 Å². The van der Waals surface area contributed by atoms with Crippen LogP contribution in [0.1, 0.15) is 5.56 Å². The predicted octanol–water partition coefficient (Wildman–Crippen LogP) is 4.69. The third-order valence-electron chi connectivity index (χ3n) is 2.56. The number of anilines is 1. The molecule has 0 aliphatic rings. The summed E-state index contributed by atoms with van der Waals surface area (Å²) in [6.07, 6.45) is 0. The van der Waals surface area contributed by atoms with Crippen LogP contribution in [0.4, 0.5) is 18.9 Å². The molecule has 0 unspecified atom stereocenters. The molecule has 2 aromatic carbocycles. The van der Waals surface area contributed by atoms with E-state index in [0.29, 0.717) is 22.8 Å². The molecule has 0 amide bonds. The zero-order valence-electron chi connectivity index (χ0n) is 10.2. The Morgan fingerprint density at radius 2 is 1.95 bits per heavy atom. The third kappa shape index (κ3) is 4.06. The van der Waals surface area contributed by atoms with Crippen LogP contribution >= 0.6 is 11.6 Å². The average Bonchev–Trinajstić information content (AvgIpc) is 2.37. The van der Waals surface area contributed by atoms with Gasteiger partial charge in [0.2, 0.25) is 0 Å². The maximum Gasteiger partial charge on any atom is 0.387 e. The molecule has 0 aromatic heterocycles. The Bertz CT molecular complexity index is 592. The van der Waals surface area contributed by atoms with E-state index in [9.17, 15) is 13.2 Å². The summed E-state index contributed by atoms with van der Waals surface area (Å²) in [7, 11) is 0. The van der Waals surface area contributed by atoms with E-state index >= 15 is 0 Å². The van der Waals surface area contributed by atoms with Gasteiger partial charge in [-0.2, -0.15) is 8.78 Å². The fourth-order valence-corrected chi connectivity index (χ4v) is 1.88. The second kappa shape index (κ2) is 6.52. The zero-order valence-corrected chi connectivity index (χ0v) is 11.0. The molecule has 0 radical (unpaired) electrons. The fraction of sp³-hybridized carbons (Fsp3) is 0.143. The first-order chi connectivity index (χ1) is 9.54. The maximum absolute atomic E-state index is 12.9. The van der Waals surface area contributed by atoms with Crippen LogP contribution in [0, 0.1) is 5.82 Å². The van der Waals surface area contributed by atoms with Gasteiger partial charge in [-0.3, -0.25) is 0 Å². The molecule has 1 N–H and O–H groups in total. The maximum atomic E-state index is 12.9. The molecule has 6 heteroatoms. The van der Waals surface area contributed by atoms with Gasteiger partial charge < -0.3 is 10.1 Å². The Morgan fingerprint density at radius 3 is 2.65 bits per heavy atom. The van der Waals surface area contributed by atoms with Crippen molar-refractivity contribution in [3.8, 4) is 5.75 Å². The summed E-state index contributed by atoms with van der Waals surface area (Å²) in [6.45, 7) is -2.52. The van der Waals surface area contributed by atoms with E-state index in [4.69, 9.17) is 11.6 Å². The standard InChI is InChI=1S/C14H11ClF3NO/c15-13-6-10(16)5-4-9(13)8-19-11-2-1-3-12(7-11)20-14(17)18/h1-7,14,19H,8H2.